The summed E-state index contributed by atoms with van der Waals surface area (Å²) in [5.74, 6) is 0.698. The van der Waals surface area contributed by atoms with Gasteiger partial charge in [-0.1, -0.05) is 152 Å². The van der Waals surface area contributed by atoms with Crippen molar-refractivity contribution in [2.75, 3.05) is 0 Å². The molecule has 10 rings (SSSR count). The molecule has 2 aromatic heterocycles. The summed E-state index contributed by atoms with van der Waals surface area (Å²) in [5, 5.41) is 5.02. The third kappa shape index (κ3) is 5.78. The summed E-state index contributed by atoms with van der Waals surface area (Å²) in [6.45, 7) is 0. The summed E-state index contributed by atoms with van der Waals surface area (Å²) in [6, 6.07) is 69.3. The number of benzene rings is 8. The van der Waals surface area contributed by atoms with Crippen LogP contribution in [0.15, 0.2) is 194 Å². The Labute approximate surface area is 312 Å². The molecular formula is C50H32N2S. The van der Waals surface area contributed by atoms with Gasteiger partial charge in [0.2, 0.25) is 0 Å². The van der Waals surface area contributed by atoms with Crippen molar-refractivity contribution >= 4 is 42.3 Å². The molecule has 10 aromatic rings. The predicted molar refractivity (Wildman–Crippen MR) is 225 cm³/mol. The molecule has 0 saturated carbocycles. The standard InChI is InChI=1S/C50H32N2S/c1-3-14-33(15-4-1)37-28-38(36-26-27-49-45(31-36)44-23-11-12-25-48(44)53-49)30-39(29-37)46-32-47(52-50(51-46)35-17-5-2-6-18-35)43-22-10-9-21-42(43)41-24-13-19-34-16-7-8-20-40(34)41/h1-32H. The Kier molecular flexibility index (Phi) is 7.71. The lowest BCUT2D eigenvalue weighted by Gasteiger charge is -2.15. The zero-order valence-corrected chi connectivity index (χ0v) is 29.6. The van der Waals surface area contributed by atoms with Crippen molar-refractivity contribution in [3.8, 4) is 67.3 Å². The molecule has 2 heterocycles. The van der Waals surface area contributed by atoms with Gasteiger partial charge >= 0.3 is 0 Å². The van der Waals surface area contributed by atoms with E-state index in [0.29, 0.717) is 5.82 Å². The molecule has 0 aliphatic carbocycles. The van der Waals surface area contributed by atoms with Crippen LogP contribution >= 0.6 is 11.3 Å². The summed E-state index contributed by atoms with van der Waals surface area (Å²) in [7, 11) is 0. The van der Waals surface area contributed by atoms with Crippen LogP contribution in [0.3, 0.4) is 0 Å². The Balaban J connectivity index is 1.20. The SMILES string of the molecule is c1ccc(-c2cc(-c3ccc4sc5ccccc5c4c3)cc(-c3cc(-c4ccccc4-c4cccc5ccccc45)nc(-c4ccccc4)n3)c2)cc1. The average Bonchev–Trinajstić information content (AvgIpc) is 3.62. The second-order valence-electron chi connectivity index (χ2n) is 13.4. The third-order valence-electron chi connectivity index (χ3n) is 10.1. The molecule has 0 aliphatic rings. The van der Waals surface area contributed by atoms with E-state index in [1.807, 2.05) is 29.5 Å². The van der Waals surface area contributed by atoms with E-state index in [4.69, 9.17) is 9.97 Å². The van der Waals surface area contributed by atoms with E-state index >= 15 is 0 Å². The number of hydrogen-bond donors (Lipinski definition) is 0. The topological polar surface area (TPSA) is 25.8 Å². The summed E-state index contributed by atoms with van der Waals surface area (Å²) < 4.78 is 2.61. The first kappa shape index (κ1) is 31.1. The van der Waals surface area contributed by atoms with Crippen LogP contribution in [0.5, 0.6) is 0 Å². The molecule has 0 N–H and O–H groups in total. The molecule has 0 amide bonds. The van der Waals surface area contributed by atoms with E-state index in [1.165, 1.54) is 42.1 Å². The summed E-state index contributed by atoms with van der Waals surface area (Å²) in [5.41, 5.74) is 11.8. The van der Waals surface area contributed by atoms with Gasteiger partial charge in [-0.05, 0) is 86.6 Å². The fraction of sp³-hybridized carbons (Fsp3) is 0. The van der Waals surface area contributed by atoms with Crippen molar-refractivity contribution < 1.29 is 0 Å². The molecule has 0 atom stereocenters. The summed E-state index contributed by atoms with van der Waals surface area (Å²) in [4.78, 5) is 10.6. The Morgan fingerprint density at radius 3 is 1.72 bits per heavy atom. The molecule has 0 unspecified atom stereocenters. The predicted octanol–water partition coefficient (Wildman–Crippen LogP) is 14.0. The lowest BCUT2D eigenvalue weighted by atomic mass is 9.92. The Morgan fingerprint density at radius 1 is 0.302 bits per heavy atom. The highest BCUT2D eigenvalue weighted by Crippen LogP contribution is 2.41. The van der Waals surface area contributed by atoms with Crippen molar-refractivity contribution in [3.63, 3.8) is 0 Å². The van der Waals surface area contributed by atoms with Gasteiger partial charge in [0.1, 0.15) is 0 Å². The Bertz CT molecular complexity index is 2940. The highest BCUT2D eigenvalue weighted by Gasteiger charge is 2.17. The molecule has 0 fully saturated rings. The van der Waals surface area contributed by atoms with Gasteiger partial charge in [-0.3, -0.25) is 0 Å². The smallest absolute Gasteiger partial charge is 0.160 e. The van der Waals surface area contributed by atoms with Crippen LogP contribution < -0.4 is 0 Å². The highest BCUT2D eigenvalue weighted by molar-refractivity contribution is 7.25. The fourth-order valence-corrected chi connectivity index (χ4v) is 8.58. The maximum atomic E-state index is 5.29. The first-order chi connectivity index (χ1) is 26.2. The molecule has 8 aromatic carbocycles. The quantitative estimate of drug-likeness (QED) is 0.173. The van der Waals surface area contributed by atoms with Crippen LogP contribution in [0.4, 0.5) is 0 Å². The minimum Gasteiger partial charge on any atom is -0.228 e. The Morgan fingerprint density at radius 2 is 0.887 bits per heavy atom. The first-order valence-electron chi connectivity index (χ1n) is 17.9. The number of thiophene rings is 1. The zero-order valence-electron chi connectivity index (χ0n) is 28.8. The number of fused-ring (bicyclic) bond motifs is 4. The third-order valence-corrected chi connectivity index (χ3v) is 11.2. The Hall–Kier alpha value is -6.68. The molecule has 53 heavy (non-hydrogen) atoms. The average molecular weight is 693 g/mol. The van der Waals surface area contributed by atoms with Crippen LogP contribution in [0.1, 0.15) is 0 Å². The van der Waals surface area contributed by atoms with Crippen LogP contribution in [-0.4, -0.2) is 9.97 Å². The second kappa shape index (κ2) is 13.1. The normalized spacial score (nSPS) is 11.4. The van der Waals surface area contributed by atoms with Crippen molar-refractivity contribution in [1.29, 1.82) is 0 Å². The van der Waals surface area contributed by atoms with Crippen molar-refractivity contribution in [3.05, 3.63) is 194 Å². The number of rotatable bonds is 6. The zero-order chi connectivity index (χ0) is 35.1. The lowest BCUT2D eigenvalue weighted by molar-refractivity contribution is 1.18. The van der Waals surface area contributed by atoms with Crippen LogP contribution in [0.25, 0.3) is 98.2 Å². The van der Waals surface area contributed by atoms with E-state index in [9.17, 15) is 0 Å². The highest BCUT2D eigenvalue weighted by atomic mass is 32.1. The molecule has 248 valence electrons. The molecule has 0 radical (unpaired) electrons. The number of hydrogen-bond acceptors (Lipinski definition) is 3. The van der Waals surface area contributed by atoms with Gasteiger partial charge in [0, 0.05) is 36.9 Å². The molecule has 0 spiro atoms. The van der Waals surface area contributed by atoms with Gasteiger partial charge in [-0.25, -0.2) is 9.97 Å². The van der Waals surface area contributed by atoms with Crippen LogP contribution in [0, 0.1) is 0 Å². The van der Waals surface area contributed by atoms with Gasteiger partial charge in [0.15, 0.2) is 5.82 Å². The van der Waals surface area contributed by atoms with E-state index in [2.05, 4.69) is 176 Å². The van der Waals surface area contributed by atoms with E-state index < -0.39 is 0 Å². The monoisotopic (exact) mass is 692 g/mol. The lowest BCUT2D eigenvalue weighted by Crippen LogP contribution is -1.97. The summed E-state index contributed by atoms with van der Waals surface area (Å²) >= 11 is 1.85. The summed E-state index contributed by atoms with van der Waals surface area (Å²) in [6.07, 6.45) is 0. The number of aromatic nitrogens is 2. The van der Waals surface area contributed by atoms with Gasteiger partial charge in [0.25, 0.3) is 0 Å². The molecule has 0 saturated heterocycles. The van der Waals surface area contributed by atoms with Crippen molar-refractivity contribution in [2.24, 2.45) is 0 Å². The van der Waals surface area contributed by atoms with E-state index in [1.54, 1.807) is 0 Å². The van der Waals surface area contributed by atoms with Crippen molar-refractivity contribution in [1.82, 2.24) is 9.97 Å². The minimum atomic E-state index is 0.698. The second-order valence-corrected chi connectivity index (χ2v) is 14.5. The van der Waals surface area contributed by atoms with Crippen LogP contribution in [-0.2, 0) is 0 Å². The van der Waals surface area contributed by atoms with Crippen LogP contribution in [0.2, 0.25) is 0 Å². The fourth-order valence-electron chi connectivity index (χ4n) is 7.50. The van der Waals surface area contributed by atoms with E-state index in [0.717, 1.165) is 50.3 Å². The van der Waals surface area contributed by atoms with Gasteiger partial charge in [-0.2, -0.15) is 0 Å². The first-order valence-corrected chi connectivity index (χ1v) is 18.7. The molecular weight excluding hydrogens is 661 g/mol. The molecule has 2 nitrogen and oxygen atoms in total. The van der Waals surface area contributed by atoms with Gasteiger partial charge in [0.05, 0.1) is 11.4 Å². The van der Waals surface area contributed by atoms with E-state index in [-0.39, 0.29) is 0 Å². The minimum absolute atomic E-state index is 0.698. The molecule has 0 aliphatic heterocycles. The molecule has 0 bridgehead atoms. The largest absolute Gasteiger partial charge is 0.228 e. The van der Waals surface area contributed by atoms with Gasteiger partial charge < -0.3 is 0 Å². The maximum Gasteiger partial charge on any atom is 0.160 e. The number of nitrogens with zero attached hydrogens (tertiary/aromatic N) is 2. The van der Waals surface area contributed by atoms with Crippen molar-refractivity contribution in [2.45, 2.75) is 0 Å². The molecule has 3 heteroatoms. The van der Waals surface area contributed by atoms with Gasteiger partial charge in [-0.15, -0.1) is 11.3 Å². The maximum absolute atomic E-state index is 5.29.